The number of ether oxygens (including phenoxy) is 1. The predicted molar refractivity (Wildman–Crippen MR) is 90.8 cm³/mol. The number of pyridine rings is 1. The molecule has 1 N–H and O–H groups in total. The van der Waals surface area contributed by atoms with Crippen molar-refractivity contribution in [3.8, 4) is 0 Å². The number of hydrogen-bond acceptors (Lipinski definition) is 3. The number of alkyl halides is 3. The lowest BCUT2D eigenvalue weighted by molar-refractivity contribution is -0.242. The molecule has 27 heavy (non-hydrogen) atoms. The molecule has 0 aromatic carbocycles. The number of fused-ring (bicyclic) bond motifs is 1. The molecule has 7 heteroatoms. The Morgan fingerprint density at radius 1 is 1.19 bits per heavy atom. The van der Waals surface area contributed by atoms with Gasteiger partial charge >= 0.3 is 6.18 Å². The van der Waals surface area contributed by atoms with Gasteiger partial charge in [0.2, 0.25) is 0 Å². The first-order valence-electron chi connectivity index (χ1n) is 9.63. The molecule has 6 rings (SSSR count). The van der Waals surface area contributed by atoms with Gasteiger partial charge in [0.1, 0.15) is 5.60 Å². The SMILES string of the molecule is O=C(NCC1(c2ccccn2)CC2(CCC2)C1)C12CC(C(F)(F)F)(CO1)C2. The number of hydrogen-bond donors (Lipinski definition) is 1. The van der Waals surface area contributed by atoms with E-state index < -0.39 is 29.7 Å². The smallest absolute Gasteiger partial charge is 0.364 e. The molecule has 146 valence electrons. The van der Waals surface area contributed by atoms with Crippen LogP contribution < -0.4 is 5.32 Å². The lowest BCUT2D eigenvalue weighted by Gasteiger charge is -2.61. The van der Waals surface area contributed by atoms with Crippen LogP contribution in [0.2, 0.25) is 0 Å². The maximum Gasteiger partial charge on any atom is 0.396 e. The van der Waals surface area contributed by atoms with Crippen molar-refractivity contribution in [2.45, 2.75) is 62.1 Å². The average Bonchev–Trinajstić information content (AvgIpc) is 3.11. The van der Waals surface area contributed by atoms with Gasteiger partial charge in [0.15, 0.2) is 0 Å². The van der Waals surface area contributed by atoms with E-state index in [1.807, 2.05) is 18.2 Å². The zero-order valence-electron chi connectivity index (χ0n) is 15.1. The minimum absolute atomic E-state index is 0.211. The second-order valence-corrected chi connectivity index (χ2v) is 9.30. The highest BCUT2D eigenvalue weighted by atomic mass is 19.4. The summed E-state index contributed by atoms with van der Waals surface area (Å²) >= 11 is 0. The number of amides is 1. The van der Waals surface area contributed by atoms with Gasteiger partial charge in [-0.1, -0.05) is 12.5 Å². The Kier molecular flexibility index (Phi) is 3.39. The predicted octanol–water partition coefficient (Wildman–Crippen LogP) is 3.51. The van der Waals surface area contributed by atoms with Crippen molar-refractivity contribution in [2.24, 2.45) is 10.8 Å². The first-order valence-corrected chi connectivity index (χ1v) is 9.63. The molecule has 1 aromatic rings. The topological polar surface area (TPSA) is 51.2 Å². The highest BCUT2D eigenvalue weighted by Crippen LogP contribution is 2.66. The van der Waals surface area contributed by atoms with E-state index in [-0.39, 0.29) is 18.3 Å². The molecular weight excluding hydrogens is 357 g/mol. The fraction of sp³-hybridized carbons (Fsp3) is 0.700. The third kappa shape index (κ3) is 2.33. The largest absolute Gasteiger partial charge is 0.396 e. The third-order valence-corrected chi connectivity index (χ3v) is 7.52. The highest BCUT2D eigenvalue weighted by Gasteiger charge is 2.76. The van der Waals surface area contributed by atoms with E-state index in [4.69, 9.17) is 4.74 Å². The molecule has 1 amide bonds. The van der Waals surface area contributed by atoms with Crippen molar-refractivity contribution in [2.75, 3.05) is 13.2 Å². The molecule has 5 aliphatic rings. The van der Waals surface area contributed by atoms with E-state index in [1.54, 1.807) is 6.20 Å². The number of rotatable bonds is 4. The molecule has 3 heterocycles. The van der Waals surface area contributed by atoms with Gasteiger partial charge in [0, 0.05) is 36.7 Å². The van der Waals surface area contributed by atoms with Gasteiger partial charge < -0.3 is 10.1 Å². The van der Waals surface area contributed by atoms with Crippen LogP contribution in [-0.4, -0.2) is 35.8 Å². The summed E-state index contributed by atoms with van der Waals surface area (Å²) in [7, 11) is 0. The minimum Gasteiger partial charge on any atom is -0.364 e. The van der Waals surface area contributed by atoms with Crippen LogP contribution in [0.1, 0.15) is 50.6 Å². The van der Waals surface area contributed by atoms with Gasteiger partial charge in [-0.15, -0.1) is 0 Å². The summed E-state index contributed by atoms with van der Waals surface area (Å²) < 4.78 is 44.9. The normalized spacial score (nSPS) is 35.1. The van der Waals surface area contributed by atoms with Crippen LogP contribution in [0.25, 0.3) is 0 Å². The van der Waals surface area contributed by atoms with E-state index >= 15 is 0 Å². The van der Waals surface area contributed by atoms with Crippen LogP contribution in [0.4, 0.5) is 13.2 Å². The van der Waals surface area contributed by atoms with Crippen molar-refractivity contribution in [3.05, 3.63) is 30.1 Å². The van der Waals surface area contributed by atoms with Gasteiger partial charge in [0.05, 0.1) is 12.0 Å². The Labute approximate surface area is 155 Å². The number of aromatic nitrogens is 1. The van der Waals surface area contributed by atoms with Crippen molar-refractivity contribution >= 4 is 5.91 Å². The molecule has 2 aliphatic heterocycles. The first-order chi connectivity index (χ1) is 12.7. The van der Waals surface area contributed by atoms with Crippen molar-refractivity contribution in [1.29, 1.82) is 0 Å². The van der Waals surface area contributed by atoms with E-state index in [9.17, 15) is 18.0 Å². The Morgan fingerprint density at radius 3 is 2.44 bits per heavy atom. The van der Waals surface area contributed by atoms with E-state index in [2.05, 4.69) is 10.3 Å². The molecule has 2 bridgehead atoms. The van der Waals surface area contributed by atoms with Crippen molar-refractivity contribution in [1.82, 2.24) is 10.3 Å². The van der Waals surface area contributed by atoms with Crippen molar-refractivity contribution < 1.29 is 22.7 Å². The molecule has 2 saturated heterocycles. The number of halogens is 3. The lowest BCUT2D eigenvalue weighted by atomic mass is 9.44. The standard InChI is InChI=1S/C20H23F3N2O2/c21-20(22,23)18-10-19(11-18,27-13-18)15(26)25-12-17(14-4-1-2-7-24-14)8-16(9-17)5-3-6-16/h1-2,4,7H,3,5-6,8-13H2,(H,25,26). The van der Waals surface area contributed by atoms with Crippen molar-refractivity contribution in [3.63, 3.8) is 0 Å². The first kappa shape index (κ1) is 17.5. The molecule has 0 unspecified atom stereocenters. The summed E-state index contributed by atoms with van der Waals surface area (Å²) in [6.45, 7) is 0.00708. The monoisotopic (exact) mass is 380 g/mol. The third-order valence-electron chi connectivity index (χ3n) is 7.52. The summed E-state index contributed by atoms with van der Waals surface area (Å²) in [6.07, 6.45) is 2.59. The van der Waals surface area contributed by atoms with Crippen LogP contribution >= 0.6 is 0 Å². The second-order valence-electron chi connectivity index (χ2n) is 9.30. The summed E-state index contributed by atoms with van der Waals surface area (Å²) in [5.41, 5.74) is -1.98. The van der Waals surface area contributed by atoms with Gasteiger partial charge in [-0.25, -0.2) is 0 Å². The lowest BCUT2D eigenvalue weighted by Crippen LogP contribution is -2.62. The van der Waals surface area contributed by atoms with Crippen LogP contribution in [0.15, 0.2) is 24.4 Å². The molecule has 3 saturated carbocycles. The Balaban J connectivity index is 1.28. The molecule has 0 radical (unpaired) electrons. The fourth-order valence-corrected chi connectivity index (χ4v) is 5.93. The van der Waals surface area contributed by atoms with Crippen LogP contribution in [0.3, 0.4) is 0 Å². The zero-order chi connectivity index (χ0) is 19.0. The Bertz CT molecular complexity index is 759. The molecule has 1 aromatic heterocycles. The fourth-order valence-electron chi connectivity index (χ4n) is 5.93. The molecule has 3 aliphatic carbocycles. The summed E-state index contributed by atoms with van der Waals surface area (Å²) in [5.74, 6) is -0.398. The van der Waals surface area contributed by atoms with Crippen LogP contribution in [0.5, 0.6) is 0 Å². The van der Waals surface area contributed by atoms with Gasteiger partial charge in [-0.2, -0.15) is 13.2 Å². The van der Waals surface area contributed by atoms with Gasteiger partial charge in [0.25, 0.3) is 5.91 Å². The number of carbonyl (C=O) groups is 1. The Morgan fingerprint density at radius 2 is 1.93 bits per heavy atom. The van der Waals surface area contributed by atoms with Crippen LogP contribution in [-0.2, 0) is 14.9 Å². The number of nitrogens with zero attached hydrogens (tertiary/aromatic N) is 1. The van der Waals surface area contributed by atoms with Gasteiger partial charge in [-0.3, -0.25) is 9.78 Å². The molecule has 1 spiro atoms. The maximum absolute atomic E-state index is 13.2. The summed E-state index contributed by atoms with van der Waals surface area (Å²) in [4.78, 5) is 17.2. The molecule has 0 atom stereocenters. The second kappa shape index (κ2) is 5.25. The van der Waals surface area contributed by atoms with E-state index in [0.29, 0.717) is 12.0 Å². The summed E-state index contributed by atoms with van der Waals surface area (Å²) in [5, 5.41) is 2.93. The number of nitrogens with one attached hydrogen (secondary N) is 1. The van der Waals surface area contributed by atoms with E-state index in [0.717, 1.165) is 18.5 Å². The average molecular weight is 380 g/mol. The Hall–Kier alpha value is -1.63. The molecule has 5 fully saturated rings. The van der Waals surface area contributed by atoms with Crippen LogP contribution in [0, 0.1) is 10.8 Å². The van der Waals surface area contributed by atoms with Gasteiger partial charge in [-0.05, 0) is 43.2 Å². The molecule has 4 nitrogen and oxygen atoms in total. The maximum atomic E-state index is 13.2. The number of carbonyl (C=O) groups excluding carboxylic acids is 1. The molecular formula is C20H23F3N2O2. The quantitative estimate of drug-likeness (QED) is 0.870. The van der Waals surface area contributed by atoms with E-state index in [1.165, 1.54) is 19.3 Å². The summed E-state index contributed by atoms with van der Waals surface area (Å²) in [6, 6.07) is 5.80. The zero-order valence-corrected chi connectivity index (χ0v) is 15.1. The highest BCUT2D eigenvalue weighted by molar-refractivity contribution is 5.87. The minimum atomic E-state index is -4.31.